The fourth-order valence-electron chi connectivity index (χ4n) is 1.35. The van der Waals surface area contributed by atoms with E-state index in [9.17, 15) is 4.79 Å². The second-order valence-corrected chi connectivity index (χ2v) is 6.77. The van der Waals surface area contributed by atoms with E-state index in [2.05, 4.69) is 44.6 Å². The van der Waals surface area contributed by atoms with Crippen LogP contribution in [0.1, 0.15) is 46.1 Å². The molecule has 0 aromatic carbocycles. The molecule has 0 aliphatic rings. The summed E-state index contributed by atoms with van der Waals surface area (Å²) >= 11 is 1.81. The lowest BCUT2D eigenvalue weighted by Gasteiger charge is -2.17. The lowest BCUT2D eigenvalue weighted by molar-refractivity contribution is 0.562. The molecule has 17 heavy (non-hydrogen) atoms. The number of aromatic amines is 1. The summed E-state index contributed by atoms with van der Waals surface area (Å²) in [5, 5.41) is 0. The van der Waals surface area contributed by atoms with Crippen molar-refractivity contribution >= 4 is 11.8 Å². The first-order valence-electron chi connectivity index (χ1n) is 5.97. The van der Waals surface area contributed by atoms with Crippen molar-refractivity contribution in [2.24, 2.45) is 5.92 Å². The second-order valence-electron chi connectivity index (χ2n) is 5.74. The number of H-pyrrole nitrogens is 1. The molecule has 0 radical (unpaired) electrons. The molecule has 1 rings (SSSR count). The van der Waals surface area contributed by atoms with Crippen molar-refractivity contribution in [3.05, 3.63) is 27.9 Å². The molecular formula is C13H22N2OS. The molecule has 0 saturated heterocycles. The van der Waals surface area contributed by atoms with Gasteiger partial charge in [0.15, 0.2) is 0 Å². The fraction of sp³-hybridized carbons (Fsp3) is 0.692. The highest BCUT2D eigenvalue weighted by atomic mass is 32.2. The summed E-state index contributed by atoms with van der Waals surface area (Å²) in [5.41, 5.74) is 0.734. The van der Waals surface area contributed by atoms with Gasteiger partial charge in [-0.05, 0) is 11.7 Å². The molecule has 0 bridgehead atoms. The highest BCUT2D eigenvalue weighted by molar-refractivity contribution is 7.98. The van der Waals surface area contributed by atoms with Crippen LogP contribution < -0.4 is 5.56 Å². The molecule has 0 fully saturated rings. The minimum absolute atomic E-state index is 0.0509. The van der Waals surface area contributed by atoms with Crippen LogP contribution in [0.3, 0.4) is 0 Å². The largest absolute Gasteiger partial charge is 0.310 e. The SMILES string of the molecule is CC(C)CSCc1nc(C(C)(C)C)cc(=O)[nH]1. The average molecular weight is 254 g/mol. The molecular weight excluding hydrogens is 232 g/mol. The number of thioether (sulfide) groups is 1. The van der Waals surface area contributed by atoms with Crippen molar-refractivity contribution in [2.45, 2.75) is 45.8 Å². The van der Waals surface area contributed by atoms with Crippen LogP contribution in [0.25, 0.3) is 0 Å². The molecule has 0 aliphatic heterocycles. The van der Waals surface area contributed by atoms with Gasteiger partial charge in [0, 0.05) is 11.5 Å². The van der Waals surface area contributed by atoms with Gasteiger partial charge in [-0.15, -0.1) is 0 Å². The zero-order chi connectivity index (χ0) is 13.1. The Morgan fingerprint density at radius 2 is 2.06 bits per heavy atom. The molecule has 0 unspecified atom stereocenters. The summed E-state index contributed by atoms with van der Waals surface area (Å²) < 4.78 is 0. The third-order valence-electron chi connectivity index (χ3n) is 2.25. The maximum Gasteiger partial charge on any atom is 0.251 e. The van der Waals surface area contributed by atoms with Crippen molar-refractivity contribution < 1.29 is 0 Å². The van der Waals surface area contributed by atoms with Crippen LogP contribution in [-0.4, -0.2) is 15.7 Å². The van der Waals surface area contributed by atoms with Gasteiger partial charge in [-0.2, -0.15) is 11.8 Å². The minimum atomic E-state index is -0.0777. The monoisotopic (exact) mass is 254 g/mol. The first-order chi connectivity index (χ1) is 7.79. The molecule has 0 spiro atoms. The Hall–Kier alpha value is -0.770. The van der Waals surface area contributed by atoms with Crippen molar-refractivity contribution in [3.63, 3.8) is 0 Å². The van der Waals surface area contributed by atoms with E-state index < -0.39 is 0 Å². The minimum Gasteiger partial charge on any atom is -0.310 e. The Morgan fingerprint density at radius 1 is 1.41 bits per heavy atom. The Morgan fingerprint density at radius 3 is 2.59 bits per heavy atom. The smallest absolute Gasteiger partial charge is 0.251 e. The van der Waals surface area contributed by atoms with Crippen LogP contribution in [-0.2, 0) is 11.2 Å². The molecule has 96 valence electrons. The topological polar surface area (TPSA) is 45.8 Å². The summed E-state index contributed by atoms with van der Waals surface area (Å²) in [6.07, 6.45) is 0. The van der Waals surface area contributed by atoms with Gasteiger partial charge in [0.1, 0.15) is 5.82 Å². The van der Waals surface area contributed by atoms with E-state index in [1.165, 1.54) is 0 Å². The van der Waals surface area contributed by atoms with Gasteiger partial charge >= 0.3 is 0 Å². The predicted octanol–water partition coefficient (Wildman–Crippen LogP) is 2.96. The molecule has 1 heterocycles. The summed E-state index contributed by atoms with van der Waals surface area (Å²) in [7, 11) is 0. The zero-order valence-corrected chi connectivity index (χ0v) is 12.1. The van der Waals surface area contributed by atoms with Crippen LogP contribution in [0.5, 0.6) is 0 Å². The lowest BCUT2D eigenvalue weighted by Crippen LogP contribution is -2.21. The quantitative estimate of drug-likeness (QED) is 0.898. The Kier molecular flexibility index (Phi) is 4.80. The van der Waals surface area contributed by atoms with Crippen molar-refractivity contribution in [3.8, 4) is 0 Å². The molecule has 3 nitrogen and oxygen atoms in total. The van der Waals surface area contributed by atoms with E-state index in [0.717, 1.165) is 23.0 Å². The first kappa shape index (κ1) is 14.3. The Balaban J connectivity index is 2.80. The number of aromatic nitrogens is 2. The number of hydrogen-bond acceptors (Lipinski definition) is 3. The maximum atomic E-state index is 11.5. The number of nitrogens with zero attached hydrogens (tertiary/aromatic N) is 1. The Labute approximate surface area is 107 Å². The molecule has 1 aromatic heterocycles. The Bertz CT molecular complexity index is 418. The summed E-state index contributed by atoms with van der Waals surface area (Å²) in [4.78, 5) is 18.9. The normalized spacial score (nSPS) is 12.1. The predicted molar refractivity (Wildman–Crippen MR) is 74.6 cm³/mol. The molecule has 1 N–H and O–H groups in total. The van der Waals surface area contributed by atoms with Gasteiger partial charge in [-0.3, -0.25) is 4.79 Å². The summed E-state index contributed by atoms with van der Waals surface area (Å²) in [5.74, 6) is 3.31. The highest BCUT2D eigenvalue weighted by Crippen LogP contribution is 2.19. The zero-order valence-electron chi connectivity index (χ0n) is 11.3. The second kappa shape index (κ2) is 5.71. The van der Waals surface area contributed by atoms with Crippen molar-refractivity contribution in [1.82, 2.24) is 9.97 Å². The van der Waals surface area contributed by atoms with Gasteiger partial charge in [0.05, 0.1) is 11.4 Å². The maximum absolute atomic E-state index is 11.5. The van der Waals surface area contributed by atoms with E-state index >= 15 is 0 Å². The number of hydrogen-bond donors (Lipinski definition) is 1. The van der Waals surface area contributed by atoms with Crippen LogP contribution in [0.15, 0.2) is 10.9 Å². The number of nitrogens with one attached hydrogen (secondary N) is 1. The van der Waals surface area contributed by atoms with Crippen LogP contribution in [0, 0.1) is 5.92 Å². The van der Waals surface area contributed by atoms with E-state index in [0.29, 0.717) is 5.92 Å². The highest BCUT2D eigenvalue weighted by Gasteiger charge is 2.16. The molecule has 1 aromatic rings. The van der Waals surface area contributed by atoms with Crippen LogP contribution in [0.4, 0.5) is 0 Å². The van der Waals surface area contributed by atoms with Gasteiger partial charge in [0.25, 0.3) is 5.56 Å². The molecule has 4 heteroatoms. The van der Waals surface area contributed by atoms with E-state index in [-0.39, 0.29) is 11.0 Å². The number of rotatable bonds is 4. The van der Waals surface area contributed by atoms with Crippen molar-refractivity contribution in [2.75, 3.05) is 5.75 Å². The average Bonchev–Trinajstić information content (AvgIpc) is 2.14. The standard InChI is InChI=1S/C13H22N2OS/c1-9(2)7-17-8-11-14-10(13(3,4)5)6-12(16)15-11/h6,9H,7-8H2,1-5H3,(H,14,15,16). The molecule has 0 aliphatic carbocycles. The first-order valence-corrected chi connectivity index (χ1v) is 7.13. The van der Waals surface area contributed by atoms with Gasteiger partial charge in [-0.1, -0.05) is 34.6 Å². The lowest BCUT2D eigenvalue weighted by atomic mass is 9.92. The van der Waals surface area contributed by atoms with Crippen molar-refractivity contribution in [1.29, 1.82) is 0 Å². The molecule has 0 saturated carbocycles. The van der Waals surface area contributed by atoms with Gasteiger partial charge < -0.3 is 4.98 Å². The molecule has 0 amide bonds. The van der Waals surface area contributed by atoms with Gasteiger partial charge in [0.2, 0.25) is 0 Å². The third-order valence-corrected chi connectivity index (χ3v) is 3.63. The van der Waals surface area contributed by atoms with Gasteiger partial charge in [-0.25, -0.2) is 4.98 Å². The molecule has 0 atom stereocenters. The van der Waals surface area contributed by atoms with Crippen LogP contribution >= 0.6 is 11.8 Å². The fourth-order valence-corrected chi connectivity index (χ4v) is 2.27. The summed E-state index contributed by atoms with van der Waals surface area (Å²) in [6.45, 7) is 10.6. The third kappa shape index (κ3) is 4.94. The van der Waals surface area contributed by atoms with Crippen LogP contribution in [0.2, 0.25) is 0 Å². The van der Waals surface area contributed by atoms with E-state index in [1.807, 2.05) is 11.8 Å². The summed E-state index contributed by atoms with van der Waals surface area (Å²) in [6, 6.07) is 1.59. The van der Waals surface area contributed by atoms with E-state index in [4.69, 9.17) is 0 Å². The van der Waals surface area contributed by atoms with E-state index in [1.54, 1.807) is 6.07 Å².